The Morgan fingerprint density at radius 1 is 1.04 bits per heavy atom. The van der Waals surface area contributed by atoms with Gasteiger partial charge in [0.15, 0.2) is 11.5 Å². The SMILES string of the molecule is COc1ccc(CNC(=O)c2ccc(Nc3cccc(C)c3)nn2)cc1. The predicted molar refractivity (Wildman–Crippen MR) is 101 cm³/mol. The van der Waals surface area contributed by atoms with E-state index in [-0.39, 0.29) is 11.6 Å². The molecule has 6 nitrogen and oxygen atoms in total. The van der Waals surface area contributed by atoms with Crippen LogP contribution in [-0.2, 0) is 6.54 Å². The van der Waals surface area contributed by atoms with E-state index in [1.807, 2.05) is 55.5 Å². The summed E-state index contributed by atoms with van der Waals surface area (Å²) in [5.74, 6) is 1.10. The summed E-state index contributed by atoms with van der Waals surface area (Å²) >= 11 is 0. The van der Waals surface area contributed by atoms with E-state index in [1.165, 1.54) is 0 Å². The Balaban J connectivity index is 1.57. The second-order valence-corrected chi connectivity index (χ2v) is 5.83. The molecule has 0 aliphatic carbocycles. The van der Waals surface area contributed by atoms with Crippen LogP contribution in [0.1, 0.15) is 21.6 Å². The van der Waals surface area contributed by atoms with E-state index in [0.29, 0.717) is 12.4 Å². The van der Waals surface area contributed by atoms with Gasteiger partial charge < -0.3 is 15.4 Å². The van der Waals surface area contributed by atoms with Gasteiger partial charge in [0.2, 0.25) is 0 Å². The fraction of sp³-hybridized carbons (Fsp3) is 0.150. The van der Waals surface area contributed by atoms with Gasteiger partial charge in [-0.3, -0.25) is 4.79 Å². The number of carbonyl (C=O) groups is 1. The molecule has 1 heterocycles. The number of amides is 1. The van der Waals surface area contributed by atoms with Crippen LogP contribution < -0.4 is 15.4 Å². The number of anilines is 2. The van der Waals surface area contributed by atoms with Crippen molar-refractivity contribution in [2.24, 2.45) is 0 Å². The number of aryl methyl sites for hydroxylation is 1. The molecule has 1 aromatic heterocycles. The zero-order valence-electron chi connectivity index (χ0n) is 14.7. The van der Waals surface area contributed by atoms with E-state index in [0.717, 1.165) is 22.6 Å². The Morgan fingerprint density at radius 2 is 1.85 bits per heavy atom. The molecular weight excluding hydrogens is 328 g/mol. The summed E-state index contributed by atoms with van der Waals surface area (Å²) in [6.45, 7) is 2.43. The van der Waals surface area contributed by atoms with E-state index >= 15 is 0 Å². The lowest BCUT2D eigenvalue weighted by Gasteiger charge is -2.07. The van der Waals surface area contributed by atoms with E-state index in [4.69, 9.17) is 4.74 Å². The van der Waals surface area contributed by atoms with Crippen molar-refractivity contribution in [2.45, 2.75) is 13.5 Å². The minimum Gasteiger partial charge on any atom is -0.497 e. The van der Waals surface area contributed by atoms with E-state index < -0.39 is 0 Å². The van der Waals surface area contributed by atoms with Gasteiger partial charge in [-0.05, 0) is 54.4 Å². The van der Waals surface area contributed by atoms with Gasteiger partial charge in [0, 0.05) is 12.2 Å². The van der Waals surface area contributed by atoms with Gasteiger partial charge in [-0.15, -0.1) is 10.2 Å². The number of nitrogens with zero attached hydrogens (tertiary/aromatic N) is 2. The van der Waals surface area contributed by atoms with Crippen molar-refractivity contribution in [3.63, 3.8) is 0 Å². The zero-order valence-corrected chi connectivity index (χ0v) is 14.7. The van der Waals surface area contributed by atoms with Crippen LogP contribution in [0.25, 0.3) is 0 Å². The average molecular weight is 348 g/mol. The highest BCUT2D eigenvalue weighted by molar-refractivity contribution is 5.92. The smallest absolute Gasteiger partial charge is 0.272 e. The van der Waals surface area contributed by atoms with Crippen LogP contribution in [-0.4, -0.2) is 23.2 Å². The summed E-state index contributed by atoms with van der Waals surface area (Å²) in [7, 11) is 1.62. The third-order valence-electron chi connectivity index (χ3n) is 3.80. The third-order valence-corrected chi connectivity index (χ3v) is 3.80. The Bertz CT molecular complexity index is 877. The molecule has 0 spiro atoms. The molecule has 26 heavy (non-hydrogen) atoms. The van der Waals surface area contributed by atoms with E-state index in [9.17, 15) is 4.79 Å². The first-order valence-electron chi connectivity index (χ1n) is 8.22. The normalized spacial score (nSPS) is 10.2. The molecule has 0 unspecified atom stereocenters. The first-order valence-corrected chi connectivity index (χ1v) is 8.22. The molecule has 0 saturated carbocycles. The molecule has 0 radical (unpaired) electrons. The fourth-order valence-corrected chi connectivity index (χ4v) is 2.41. The van der Waals surface area contributed by atoms with Crippen molar-refractivity contribution in [1.29, 1.82) is 0 Å². The molecule has 0 aliphatic heterocycles. The van der Waals surface area contributed by atoms with Crippen molar-refractivity contribution in [2.75, 3.05) is 12.4 Å². The molecule has 3 aromatic rings. The van der Waals surface area contributed by atoms with Gasteiger partial charge in [-0.25, -0.2) is 0 Å². The quantitative estimate of drug-likeness (QED) is 0.713. The fourth-order valence-electron chi connectivity index (χ4n) is 2.41. The van der Waals surface area contributed by atoms with Crippen molar-refractivity contribution in [3.8, 4) is 5.75 Å². The first kappa shape index (κ1) is 17.4. The zero-order chi connectivity index (χ0) is 18.4. The summed E-state index contributed by atoms with van der Waals surface area (Å²) in [5, 5.41) is 14.0. The van der Waals surface area contributed by atoms with E-state index in [2.05, 4.69) is 20.8 Å². The predicted octanol–water partition coefficient (Wildman–Crippen LogP) is 3.47. The van der Waals surface area contributed by atoms with Gasteiger partial charge in [-0.2, -0.15) is 0 Å². The molecular formula is C20H20N4O2. The van der Waals surface area contributed by atoms with E-state index in [1.54, 1.807) is 19.2 Å². The van der Waals surface area contributed by atoms with Crippen LogP contribution in [0.3, 0.4) is 0 Å². The maximum atomic E-state index is 12.2. The Hall–Kier alpha value is -3.41. The number of ether oxygens (including phenoxy) is 1. The lowest BCUT2D eigenvalue weighted by molar-refractivity contribution is 0.0945. The number of carbonyl (C=O) groups excluding carboxylic acids is 1. The molecule has 2 N–H and O–H groups in total. The second-order valence-electron chi connectivity index (χ2n) is 5.83. The molecule has 2 aromatic carbocycles. The summed E-state index contributed by atoms with van der Waals surface area (Å²) < 4.78 is 5.11. The van der Waals surface area contributed by atoms with Gasteiger partial charge >= 0.3 is 0 Å². The van der Waals surface area contributed by atoms with Crippen LogP contribution in [0.4, 0.5) is 11.5 Å². The number of rotatable bonds is 6. The second kappa shape index (κ2) is 8.11. The molecule has 0 fully saturated rings. The largest absolute Gasteiger partial charge is 0.497 e. The topological polar surface area (TPSA) is 76.1 Å². The molecule has 6 heteroatoms. The van der Waals surface area contributed by atoms with Crippen molar-refractivity contribution >= 4 is 17.4 Å². The first-order chi connectivity index (χ1) is 12.6. The Kier molecular flexibility index (Phi) is 5.43. The Morgan fingerprint density at radius 3 is 2.50 bits per heavy atom. The lowest BCUT2D eigenvalue weighted by atomic mass is 10.2. The highest BCUT2D eigenvalue weighted by Crippen LogP contribution is 2.15. The molecule has 0 aliphatic rings. The molecule has 1 amide bonds. The number of benzene rings is 2. The number of nitrogens with one attached hydrogen (secondary N) is 2. The Labute approximate surface area is 152 Å². The van der Waals surface area contributed by atoms with Crippen molar-refractivity contribution in [1.82, 2.24) is 15.5 Å². The number of aromatic nitrogens is 2. The van der Waals surface area contributed by atoms with Gasteiger partial charge in [-0.1, -0.05) is 24.3 Å². The lowest BCUT2D eigenvalue weighted by Crippen LogP contribution is -2.24. The van der Waals surface area contributed by atoms with Crippen LogP contribution in [0.15, 0.2) is 60.7 Å². The highest BCUT2D eigenvalue weighted by atomic mass is 16.5. The van der Waals surface area contributed by atoms with Gasteiger partial charge in [0.25, 0.3) is 5.91 Å². The number of methoxy groups -OCH3 is 1. The third kappa shape index (κ3) is 4.57. The van der Waals surface area contributed by atoms with Crippen molar-refractivity contribution in [3.05, 3.63) is 77.5 Å². The number of hydrogen-bond acceptors (Lipinski definition) is 5. The monoisotopic (exact) mass is 348 g/mol. The molecule has 0 saturated heterocycles. The maximum absolute atomic E-state index is 12.2. The minimum absolute atomic E-state index is 0.268. The summed E-state index contributed by atoms with van der Waals surface area (Å²) in [4.78, 5) is 12.2. The van der Waals surface area contributed by atoms with Gasteiger partial charge in [0.1, 0.15) is 5.75 Å². The summed E-state index contributed by atoms with van der Waals surface area (Å²) in [6, 6.07) is 18.8. The van der Waals surface area contributed by atoms with Crippen LogP contribution in [0, 0.1) is 6.92 Å². The summed E-state index contributed by atoms with van der Waals surface area (Å²) in [6.07, 6.45) is 0. The average Bonchev–Trinajstić information content (AvgIpc) is 2.67. The summed E-state index contributed by atoms with van der Waals surface area (Å²) in [5.41, 5.74) is 3.33. The highest BCUT2D eigenvalue weighted by Gasteiger charge is 2.08. The van der Waals surface area contributed by atoms with Crippen molar-refractivity contribution < 1.29 is 9.53 Å². The van der Waals surface area contributed by atoms with Crippen LogP contribution in [0.5, 0.6) is 5.75 Å². The van der Waals surface area contributed by atoms with Crippen LogP contribution in [0.2, 0.25) is 0 Å². The standard InChI is InChI=1S/C20H20N4O2/c1-14-4-3-5-16(12-14)22-19-11-10-18(23-24-19)20(25)21-13-15-6-8-17(26-2)9-7-15/h3-12H,13H2,1-2H3,(H,21,25)(H,22,24). The molecule has 0 bridgehead atoms. The number of hydrogen-bond donors (Lipinski definition) is 2. The molecule has 0 atom stereocenters. The molecule has 132 valence electrons. The maximum Gasteiger partial charge on any atom is 0.272 e. The van der Waals surface area contributed by atoms with Gasteiger partial charge in [0.05, 0.1) is 7.11 Å². The van der Waals surface area contributed by atoms with Crippen LogP contribution >= 0.6 is 0 Å². The molecule has 3 rings (SSSR count). The minimum atomic E-state index is -0.268.